The van der Waals surface area contributed by atoms with E-state index in [4.69, 9.17) is 0 Å². The molecule has 0 unspecified atom stereocenters. The first-order valence-electron chi connectivity index (χ1n) is 6.57. The van der Waals surface area contributed by atoms with Crippen molar-refractivity contribution in [1.82, 2.24) is 9.88 Å². The Hall–Kier alpha value is -2.13. The van der Waals surface area contributed by atoms with Gasteiger partial charge in [0.05, 0.1) is 11.7 Å². The number of nitrogens with zero attached hydrogens (tertiary/aromatic N) is 4. The van der Waals surface area contributed by atoms with Crippen molar-refractivity contribution in [2.24, 2.45) is 0 Å². The zero-order valence-corrected chi connectivity index (χ0v) is 11.7. The first-order valence-corrected chi connectivity index (χ1v) is 6.57. The fourth-order valence-corrected chi connectivity index (χ4v) is 2.34. The summed E-state index contributed by atoms with van der Waals surface area (Å²) in [5.41, 5.74) is 1.31. The lowest BCUT2D eigenvalue weighted by Crippen LogP contribution is -2.36. The highest BCUT2D eigenvalue weighted by Crippen LogP contribution is 2.19. The number of pyridine rings is 1. The molecule has 0 saturated carbocycles. The van der Waals surface area contributed by atoms with Crippen LogP contribution < -0.4 is 4.90 Å². The van der Waals surface area contributed by atoms with E-state index in [1.165, 1.54) is 6.92 Å². The Morgan fingerprint density at radius 1 is 1.45 bits per heavy atom. The summed E-state index contributed by atoms with van der Waals surface area (Å²) in [5.74, 6) is 0.528. The van der Waals surface area contributed by atoms with E-state index in [2.05, 4.69) is 11.1 Å². The van der Waals surface area contributed by atoms with E-state index < -0.39 is 6.10 Å². The molecule has 1 aliphatic rings. The number of aryl methyl sites for hydroxylation is 1. The fraction of sp³-hybridized carbons (Fsp3) is 0.500. The van der Waals surface area contributed by atoms with Crippen LogP contribution >= 0.6 is 0 Å². The first kappa shape index (κ1) is 14.3. The quantitative estimate of drug-likeness (QED) is 0.796. The summed E-state index contributed by atoms with van der Waals surface area (Å²) in [6.07, 6.45) is -0.643. The second kappa shape index (κ2) is 5.88. The van der Waals surface area contributed by atoms with Gasteiger partial charge in [0, 0.05) is 38.8 Å². The molecule has 2 rings (SSSR count). The van der Waals surface area contributed by atoms with Crippen molar-refractivity contribution in [1.29, 1.82) is 5.26 Å². The van der Waals surface area contributed by atoms with Gasteiger partial charge in [-0.1, -0.05) is 0 Å². The van der Waals surface area contributed by atoms with Crippen LogP contribution in [0.15, 0.2) is 12.1 Å². The molecule has 1 amide bonds. The molecule has 0 spiro atoms. The van der Waals surface area contributed by atoms with Gasteiger partial charge < -0.3 is 14.9 Å². The van der Waals surface area contributed by atoms with Crippen LogP contribution in [0.3, 0.4) is 0 Å². The molecule has 1 aromatic heterocycles. The number of β-amino-alcohol motifs (C(OH)–C–C–N with tert-alkyl or cyclic N) is 1. The molecule has 0 aliphatic carbocycles. The number of hydrogen-bond acceptors (Lipinski definition) is 5. The lowest BCUT2D eigenvalue weighted by Gasteiger charge is -2.23. The number of rotatable bonds is 1. The number of carbonyl (C=O) groups is 1. The summed E-state index contributed by atoms with van der Waals surface area (Å²) in [6.45, 7) is 5.12. The molecule has 1 fully saturated rings. The van der Waals surface area contributed by atoms with Crippen LogP contribution in [0, 0.1) is 18.3 Å². The molecule has 0 aromatic carbocycles. The molecule has 1 N–H and O–H groups in total. The van der Waals surface area contributed by atoms with Crippen molar-refractivity contribution in [3.63, 3.8) is 0 Å². The Morgan fingerprint density at radius 3 is 2.85 bits per heavy atom. The molecule has 6 nitrogen and oxygen atoms in total. The van der Waals surface area contributed by atoms with E-state index in [0.29, 0.717) is 37.6 Å². The van der Waals surface area contributed by atoms with Crippen LogP contribution in [-0.2, 0) is 4.79 Å². The number of anilines is 1. The minimum absolute atomic E-state index is 0.0522. The SMILES string of the molecule is CC(=O)N1CCN(c2nc(C)ccc2C#N)C[C@H](O)C1. The van der Waals surface area contributed by atoms with Gasteiger partial charge in [0.1, 0.15) is 11.9 Å². The molecule has 1 atom stereocenters. The highest BCUT2D eigenvalue weighted by atomic mass is 16.3. The summed E-state index contributed by atoms with van der Waals surface area (Å²) >= 11 is 0. The molecule has 1 saturated heterocycles. The standard InChI is InChI=1S/C14H18N4O2/c1-10-3-4-12(7-15)14(16-10)18-6-5-17(11(2)19)8-13(20)9-18/h3-4,13,20H,5-6,8-9H2,1-2H3/t13-/m1/s1. The summed E-state index contributed by atoms with van der Waals surface area (Å²) < 4.78 is 0. The molecular weight excluding hydrogens is 256 g/mol. The van der Waals surface area contributed by atoms with Crippen LogP contribution in [0.1, 0.15) is 18.2 Å². The van der Waals surface area contributed by atoms with Gasteiger partial charge in [0.2, 0.25) is 5.91 Å². The summed E-state index contributed by atoms with van der Waals surface area (Å²) in [5, 5.41) is 19.2. The highest BCUT2D eigenvalue weighted by Gasteiger charge is 2.24. The normalized spacial score (nSPS) is 19.4. The fourth-order valence-electron chi connectivity index (χ4n) is 2.34. The molecule has 6 heteroatoms. The third kappa shape index (κ3) is 3.06. The van der Waals surface area contributed by atoms with E-state index >= 15 is 0 Å². The summed E-state index contributed by atoms with van der Waals surface area (Å²) in [6, 6.07) is 5.65. The van der Waals surface area contributed by atoms with Crippen LogP contribution in [0.2, 0.25) is 0 Å². The molecule has 106 valence electrons. The number of carbonyl (C=O) groups excluding carboxylic acids is 1. The van der Waals surface area contributed by atoms with Gasteiger partial charge in [0.25, 0.3) is 0 Å². The maximum absolute atomic E-state index is 11.4. The molecule has 2 heterocycles. The summed E-state index contributed by atoms with van der Waals surface area (Å²) in [7, 11) is 0. The minimum atomic E-state index is -0.643. The predicted molar refractivity (Wildman–Crippen MR) is 74.2 cm³/mol. The lowest BCUT2D eigenvalue weighted by atomic mass is 10.2. The minimum Gasteiger partial charge on any atom is -0.389 e. The van der Waals surface area contributed by atoms with Gasteiger partial charge in [-0.3, -0.25) is 4.79 Å². The second-order valence-electron chi connectivity index (χ2n) is 5.00. The van der Waals surface area contributed by atoms with Gasteiger partial charge in [-0.05, 0) is 19.1 Å². The second-order valence-corrected chi connectivity index (χ2v) is 5.00. The zero-order chi connectivity index (χ0) is 14.7. The Labute approximate surface area is 118 Å². The first-order chi connectivity index (χ1) is 9.51. The number of nitriles is 1. The largest absolute Gasteiger partial charge is 0.389 e. The molecule has 0 radical (unpaired) electrons. The Morgan fingerprint density at radius 2 is 2.20 bits per heavy atom. The topological polar surface area (TPSA) is 80.5 Å². The Balaban J connectivity index is 2.27. The highest BCUT2D eigenvalue weighted by molar-refractivity contribution is 5.73. The van der Waals surface area contributed by atoms with Crippen LogP contribution in [0.5, 0.6) is 0 Å². The molecule has 1 aromatic rings. The number of amides is 1. The smallest absolute Gasteiger partial charge is 0.219 e. The zero-order valence-electron chi connectivity index (χ0n) is 11.7. The van der Waals surface area contributed by atoms with Crippen molar-refractivity contribution in [3.05, 3.63) is 23.4 Å². The number of hydrogen-bond donors (Lipinski definition) is 1. The van der Waals surface area contributed by atoms with E-state index in [-0.39, 0.29) is 5.91 Å². The molecule has 1 aliphatic heterocycles. The Kier molecular flexibility index (Phi) is 4.20. The average molecular weight is 274 g/mol. The van der Waals surface area contributed by atoms with E-state index in [0.717, 1.165) is 5.69 Å². The molecule has 0 bridgehead atoms. The van der Waals surface area contributed by atoms with E-state index in [1.807, 2.05) is 11.8 Å². The predicted octanol–water partition coefficient (Wildman–Crippen LogP) is 0.291. The van der Waals surface area contributed by atoms with Crippen molar-refractivity contribution < 1.29 is 9.90 Å². The number of aromatic nitrogens is 1. The maximum atomic E-state index is 11.4. The van der Waals surface area contributed by atoms with Gasteiger partial charge in [0.15, 0.2) is 0 Å². The van der Waals surface area contributed by atoms with Crippen LogP contribution in [-0.4, -0.2) is 53.2 Å². The molecule has 20 heavy (non-hydrogen) atoms. The van der Waals surface area contributed by atoms with Crippen molar-refractivity contribution in [2.75, 3.05) is 31.1 Å². The van der Waals surface area contributed by atoms with Gasteiger partial charge in [-0.25, -0.2) is 4.98 Å². The third-order valence-electron chi connectivity index (χ3n) is 3.38. The number of aliphatic hydroxyl groups excluding tert-OH is 1. The van der Waals surface area contributed by atoms with Crippen molar-refractivity contribution in [3.8, 4) is 6.07 Å². The van der Waals surface area contributed by atoms with Crippen molar-refractivity contribution in [2.45, 2.75) is 20.0 Å². The lowest BCUT2D eigenvalue weighted by molar-refractivity contribution is -0.129. The Bertz CT molecular complexity index is 553. The van der Waals surface area contributed by atoms with E-state index in [1.54, 1.807) is 17.0 Å². The van der Waals surface area contributed by atoms with Gasteiger partial charge >= 0.3 is 0 Å². The van der Waals surface area contributed by atoms with Gasteiger partial charge in [-0.2, -0.15) is 5.26 Å². The average Bonchev–Trinajstić information content (AvgIpc) is 2.60. The van der Waals surface area contributed by atoms with Crippen LogP contribution in [0.4, 0.5) is 5.82 Å². The third-order valence-corrected chi connectivity index (χ3v) is 3.38. The number of aliphatic hydroxyl groups is 1. The van der Waals surface area contributed by atoms with Crippen molar-refractivity contribution >= 4 is 11.7 Å². The van der Waals surface area contributed by atoms with E-state index in [9.17, 15) is 15.2 Å². The molecular formula is C14H18N4O2. The maximum Gasteiger partial charge on any atom is 0.219 e. The monoisotopic (exact) mass is 274 g/mol. The summed E-state index contributed by atoms with van der Waals surface area (Å²) in [4.78, 5) is 19.3. The van der Waals surface area contributed by atoms with Gasteiger partial charge in [-0.15, -0.1) is 0 Å². The van der Waals surface area contributed by atoms with Crippen LogP contribution in [0.25, 0.3) is 0 Å².